The van der Waals surface area contributed by atoms with Gasteiger partial charge in [0.1, 0.15) is 11.6 Å². The predicted molar refractivity (Wildman–Crippen MR) is 77.6 cm³/mol. The molecule has 9 heteroatoms. The molecule has 0 spiro atoms. The molecule has 1 aromatic carbocycles. The molecule has 1 amide bonds. The Kier molecular flexibility index (Phi) is 5.61. The van der Waals surface area contributed by atoms with Gasteiger partial charge in [-0.3, -0.25) is 10.1 Å². The van der Waals surface area contributed by atoms with E-state index in [0.717, 1.165) is 12.1 Å². The molecular formula is C14H17FN2O6. The van der Waals surface area contributed by atoms with Crippen LogP contribution in [0, 0.1) is 15.9 Å². The molecule has 0 saturated heterocycles. The highest BCUT2D eigenvalue weighted by molar-refractivity contribution is 5.80. The number of benzene rings is 1. The third kappa shape index (κ3) is 5.89. The average molecular weight is 328 g/mol. The Bertz CT molecular complexity index is 626. The first-order chi connectivity index (χ1) is 10.5. The van der Waals surface area contributed by atoms with Gasteiger partial charge in [0.2, 0.25) is 5.82 Å². The highest BCUT2D eigenvalue weighted by Gasteiger charge is 2.25. The van der Waals surface area contributed by atoms with Crippen molar-refractivity contribution in [1.82, 2.24) is 5.32 Å². The first-order valence-corrected chi connectivity index (χ1v) is 6.65. The van der Waals surface area contributed by atoms with Gasteiger partial charge in [0.05, 0.1) is 4.92 Å². The van der Waals surface area contributed by atoms with Crippen LogP contribution in [0.3, 0.4) is 0 Å². The number of alkyl carbamates (subject to hydrolysis) is 1. The Labute approximate surface area is 131 Å². The molecular weight excluding hydrogens is 311 g/mol. The van der Waals surface area contributed by atoms with Crippen LogP contribution in [0.2, 0.25) is 0 Å². The second kappa shape index (κ2) is 7.03. The van der Waals surface area contributed by atoms with E-state index in [9.17, 15) is 24.1 Å². The SMILES string of the molecule is CC(C)(C)OC(=O)N[C@@H](Cc1ccc(F)c([N+](=O)[O-])c1)C(=O)O. The lowest BCUT2D eigenvalue weighted by Crippen LogP contribution is -2.44. The number of nitro groups is 1. The number of nitro benzene ring substituents is 1. The lowest BCUT2D eigenvalue weighted by molar-refractivity contribution is -0.387. The van der Waals surface area contributed by atoms with Crippen LogP contribution in [-0.4, -0.2) is 33.7 Å². The van der Waals surface area contributed by atoms with Crippen molar-refractivity contribution >= 4 is 17.7 Å². The molecule has 126 valence electrons. The second-order valence-corrected chi connectivity index (χ2v) is 5.78. The van der Waals surface area contributed by atoms with Crippen LogP contribution in [0.1, 0.15) is 26.3 Å². The van der Waals surface area contributed by atoms with E-state index in [4.69, 9.17) is 9.84 Å². The normalized spacial score (nSPS) is 12.3. The quantitative estimate of drug-likeness (QED) is 0.632. The molecule has 1 aromatic rings. The highest BCUT2D eigenvalue weighted by atomic mass is 19.1. The minimum atomic E-state index is -1.37. The van der Waals surface area contributed by atoms with E-state index >= 15 is 0 Å². The number of ether oxygens (including phenoxy) is 1. The fourth-order valence-electron chi connectivity index (χ4n) is 1.71. The summed E-state index contributed by atoms with van der Waals surface area (Å²) in [5.41, 5.74) is -1.37. The average Bonchev–Trinajstić information content (AvgIpc) is 2.37. The van der Waals surface area contributed by atoms with E-state index in [1.165, 1.54) is 6.07 Å². The number of nitrogens with zero attached hydrogens (tertiary/aromatic N) is 1. The third-order valence-electron chi connectivity index (χ3n) is 2.64. The Hall–Kier alpha value is -2.71. The zero-order chi connectivity index (χ0) is 17.8. The molecule has 0 aliphatic heterocycles. The zero-order valence-corrected chi connectivity index (χ0v) is 12.8. The molecule has 0 aromatic heterocycles. The summed E-state index contributed by atoms with van der Waals surface area (Å²) in [5, 5.41) is 22.0. The van der Waals surface area contributed by atoms with Crippen LogP contribution in [0.15, 0.2) is 18.2 Å². The number of carboxylic acid groups (broad SMARTS) is 1. The van der Waals surface area contributed by atoms with Gasteiger partial charge in [0.15, 0.2) is 0 Å². The molecule has 1 rings (SSSR count). The molecule has 0 aliphatic carbocycles. The van der Waals surface area contributed by atoms with E-state index in [-0.39, 0.29) is 12.0 Å². The zero-order valence-electron chi connectivity index (χ0n) is 12.8. The van der Waals surface area contributed by atoms with Crippen molar-refractivity contribution in [2.24, 2.45) is 0 Å². The van der Waals surface area contributed by atoms with Crippen LogP contribution in [0.4, 0.5) is 14.9 Å². The number of nitrogens with one attached hydrogen (secondary N) is 1. The molecule has 0 aliphatic rings. The number of rotatable bonds is 5. The van der Waals surface area contributed by atoms with Crippen LogP contribution in [-0.2, 0) is 16.0 Å². The van der Waals surface area contributed by atoms with Gasteiger partial charge in [-0.25, -0.2) is 9.59 Å². The molecule has 0 radical (unpaired) electrons. The van der Waals surface area contributed by atoms with Crippen molar-refractivity contribution in [2.45, 2.75) is 38.8 Å². The van der Waals surface area contributed by atoms with Crippen molar-refractivity contribution in [2.75, 3.05) is 0 Å². The number of aliphatic carboxylic acids is 1. The Morgan fingerprint density at radius 1 is 1.43 bits per heavy atom. The summed E-state index contributed by atoms with van der Waals surface area (Å²) in [5.74, 6) is -2.37. The third-order valence-corrected chi connectivity index (χ3v) is 2.64. The number of amides is 1. The maximum absolute atomic E-state index is 13.3. The maximum atomic E-state index is 13.3. The molecule has 0 fully saturated rings. The van der Waals surface area contributed by atoms with Gasteiger partial charge >= 0.3 is 17.7 Å². The number of halogens is 1. The van der Waals surface area contributed by atoms with Gasteiger partial charge in [-0.15, -0.1) is 0 Å². The van der Waals surface area contributed by atoms with Crippen LogP contribution < -0.4 is 5.32 Å². The molecule has 0 heterocycles. The largest absolute Gasteiger partial charge is 0.480 e. The van der Waals surface area contributed by atoms with Gasteiger partial charge in [-0.2, -0.15) is 4.39 Å². The van der Waals surface area contributed by atoms with E-state index in [0.29, 0.717) is 0 Å². The van der Waals surface area contributed by atoms with Crippen molar-refractivity contribution in [3.05, 3.63) is 39.7 Å². The van der Waals surface area contributed by atoms with Crippen molar-refractivity contribution in [3.63, 3.8) is 0 Å². The first kappa shape index (κ1) is 18.3. The maximum Gasteiger partial charge on any atom is 0.408 e. The minimum Gasteiger partial charge on any atom is -0.480 e. The Balaban J connectivity index is 2.89. The topological polar surface area (TPSA) is 119 Å². The van der Waals surface area contributed by atoms with Crippen LogP contribution in [0.25, 0.3) is 0 Å². The van der Waals surface area contributed by atoms with Crippen molar-refractivity contribution in [1.29, 1.82) is 0 Å². The van der Waals surface area contributed by atoms with Crippen LogP contribution in [0.5, 0.6) is 0 Å². The van der Waals surface area contributed by atoms with E-state index in [1.807, 2.05) is 0 Å². The van der Waals surface area contributed by atoms with Gasteiger partial charge in [0.25, 0.3) is 0 Å². The fraction of sp³-hybridized carbons (Fsp3) is 0.429. The Morgan fingerprint density at radius 2 is 2.04 bits per heavy atom. The van der Waals surface area contributed by atoms with Gasteiger partial charge in [-0.05, 0) is 32.4 Å². The second-order valence-electron chi connectivity index (χ2n) is 5.78. The summed E-state index contributed by atoms with van der Waals surface area (Å²) in [6, 6.07) is 1.66. The van der Waals surface area contributed by atoms with Gasteiger partial charge in [-0.1, -0.05) is 6.07 Å². The molecule has 2 N–H and O–H groups in total. The minimum absolute atomic E-state index is 0.196. The molecule has 0 unspecified atom stereocenters. The lowest BCUT2D eigenvalue weighted by Gasteiger charge is -2.22. The van der Waals surface area contributed by atoms with E-state index in [1.54, 1.807) is 20.8 Å². The van der Waals surface area contributed by atoms with E-state index < -0.39 is 40.1 Å². The highest BCUT2D eigenvalue weighted by Crippen LogP contribution is 2.19. The summed E-state index contributed by atoms with van der Waals surface area (Å²) >= 11 is 0. The predicted octanol–water partition coefficient (Wildman–Crippen LogP) is 2.25. The summed E-state index contributed by atoms with van der Waals surface area (Å²) in [7, 11) is 0. The number of carboxylic acids is 1. The summed E-state index contributed by atoms with van der Waals surface area (Å²) in [6.07, 6.45) is -1.18. The summed E-state index contributed by atoms with van der Waals surface area (Å²) < 4.78 is 18.2. The monoisotopic (exact) mass is 328 g/mol. The summed E-state index contributed by atoms with van der Waals surface area (Å²) in [6.45, 7) is 4.85. The van der Waals surface area contributed by atoms with Crippen LogP contribution >= 0.6 is 0 Å². The summed E-state index contributed by atoms with van der Waals surface area (Å²) in [4.78, 5) is 32.6. The molecule has 0 bridgehead atoms. The first-order valence-electron chi connectivity index (χ1n) is 6.65. The lowest BCUT2D eigenvalue weighted by atomic mass is 10.1. The number of carbonyl (C=O) groups is 2. The molecule has 0 saturated carbocycles. The smallest absolute Gasteiger partial charge is 0.408 e. The van der Waals surface area contributed by atoms with E-state index in [2.05, 4.69) is 5.32 Å². The number of carbonyl (C=O) groups excluding carboxylic acids is 1. The van der Waals surface area contributed by atoms with Gasteiger partial charge in [0, 0.05) is 12.5 Å². The van der Waals surface area contributed by atoms with Gasteiger partial charge < -0.3 is 15.2 Å². The number of hydrogen-bond donors (Lipinski definition) is 2. The molecule has 23 heavy (non-hydrogen) atoms. The Morgan fingerprint density at radius 3 is 2.52 bits per heavy atom. The molecule has 1 atom stereocenters. The number of hydrogen-bond acceptors (Lipinski definition) is 5. The van der Waals surface area contributed by atoms with Crippen molar-refractivity contribution in [3.8, 4) is 0 Å². The molecule has 8 nitrogen and oxygen atoms in total. The standard InChI is InChI=1S/C14H17FN2O6/c1-14(2,3)23-13(20)16-10(12(18)19)6-8-4-5-9(15)11(7-8)17(21)22/h4-5,7,10H,6H2,1-3H3,(H,16,20)(H,18,19)/t10-/m0/s1. The van der Waals surface area contributed by atoms with Crippen molar-refractivity contribution < 1.29 is 28.7 Å². The fourth-order valence-corrected chi connectivity index (χ4v) is 1.71.